The summed E-state index contributed by atoms with van der Waals surface area (Å²) in [6, 6.07) is -0.463. The van der Waals surface area contributed by atoms with Crippen molar-refractivity contribution in [2.75, 3.05) is 0 Å². The molecule has 0 radical (unpaired) electrons. The number of hydrogen-bond acceptors (Lipinski definition) is 6. The van der Waals surface area contributed by atoms with Crippen molar-refractivity contribution in [3.63, 3.8) is 0 Å². The van der Waals surface area contributed by atoms with Crippen LogP contribution in [0.25, 0.3) is 0 Å². The van der Waals surface area contributed by atoms with E-state index in [1.165, 1.54) is 6.20 Å². The molecule has 0 bridgehead atoms. The molecule has 0 fully saturated rings. The first-order valence-corrected chi connectivity index (χ1v) is 6.63. The van der Waals surface area contributed by atoms with E-state index in [1.807, 2.05) is 0 Å². The van der Waals surface area contributed by atoms with Crippen LogP contribution in [0.3, 0.4) is 0 Å². The summed E-state index contributed by atoms with van der Waals surface area (Å²) in [7, 11) is 0. The van der Waals surface area contributed by atoms with Crippen LogP contribution in [-0.4, -0.2) is 26.0 Å². The second kappa shape index (κ2) is 6.29. The van der Waals surface area contributed by atoms with Crippen molar-refractivity contribution in [3.8, 4) is 0 Å². The number of H-pyrrole nitrogens is 1. The second-order valence-corrected chi connectivity index (χ2v) is 5.15. The Hall–Kier alpha value is -2.51. The van der Waals surface area contributed by atoms with E-state index < -0.39 is 17.5 Å². The molecule has 2 aromatic heterocycles. The molecule has 0 aliphatic heterocycles. The van der Waals surface area contributed by atoms with E-state index in [9.17, 15) is 9.59 Å². The summed E-state index contributed by atoms with van der Waals surface area (Å²) >= 11 is 0. The third-order valence-corrected chi connectivity index (χ3v) is 2.69. The van der Waals surface area contributed by atoms with Crippen LogP contribution in [0.5, 0.6) is 0 Å². The zero-order chi connectivity index (χ0) is 15.4. The van der Waals surface area contributed by atoms with Gasteiger partial charge in [0, 0.05) is 6.42 Å². The number of carbonyl (C=O) groups is 1. The Morgan fingerprint density at radius 1 is 1.38 bits per heavy atom. The number of carbonyl (C=O) groups excluding carboxylic acids is 1. The Kier molecular flexibility index (Phi) is 4.46. The molecule has 2 N–H and O–H groups in total. The van der Waals surface area contributed by atoms with Crippen molar-refractivity contribution in [1.29, 1.82) is 0 Å². The molecule has 2 rings (SSSR count). The molecule has 2 heterocycles. The van der Waals surface area contributed by atoms with Gasteiger partial charge >= 0.3 is 0 Å². The summed E-state index contributed by atoms with van der Waals surface area (Å²) in [4.78, 5) is 33.4. The van der Waals surface area contributed by atoms with Crippen LogP contribution in [-0.2, 0) is 6.42 Å². The second-order valence-electron chi connectivity index (χ2n) is 5.15. The lowest BCUT2D eigenvalue weighted by atomic mass is 10.1. The first-order chi connectivity index (χ1) is 9.95. The molecule has 0 spiro atoms. The van der Waals surface area contributed by atoms with Crippen molar-refractivity contribution in [1.82, 2.24) is 25.4 Å². The minimum Gasteiger partial charge on any atom is -0.339 e. The van der Waals surface area contributed by atoms with E-state index >= 15 is 0 Å². The molecule has 0 aliphatic carbocycles. The van der Waals surface area contributed by atoms with Gasteiger partial charge in [0.05, 0.1) is 12.4 Å². The average molecular weight is 291 g/mol. The van der Waals surface area contributed by atoms with Gasteiger partial charge in [-0.1, -0.05) is 19.0 Å². The van der Waals surface area contributed by atoms with Crippen LogP contribution >= 0.6 is 0 Å². The molecule has 1 atom stereocenters. The summed E-state index contributed by atoms with van der Waals surface area (Å²) in [5.41, 5.74) is -0.358. The van der Waals surface area contributed by atoms with Gasteiger partial charge in [-0.25, -0.2) is 0 Å². The minimum atomic E-state index is -0.463. The first-order valence-electron chi connectivity index (χ1n) is 6.63. The van der Waals surface area contributed by atoms with E-state index in [1.54, 1.807) is 6.92 Å². The van der Waals surface area contributed by atoms with E-state index in [-0.39, 0.29) is 5.69 Å². The van der Waals surface area contributed by atoms with E-state index in [2.05, 4.69) is 39.3 Å². The lowest BCUT2D eigenvalue weighted by molar-refractivity contribution is 0.0926. The Balaban J connectivity index is 2.03. The van der Waals surface area contributed by atoms with Gasteiger partial charge in [-0.05, 0) is 12.8 Å². The van der Waals surface area contributed by atoms with Crippen LogP contribution in [0.15, 0.2) is 21.7 Å². The van der Waals surface area contributed by atoms with Gasteiger partial charge in [-0.3, -0.25) is 14.6 Å². The highest BCUT2D eigenvalue weighted by Crippen LogP contribution is 2.12. The fourth-order valence-corrected chi connectivity index (χ4v) is 1.72. The maximum atomic E-state index is 12.0. The maximum Gasteiger partial charge on any atom is 0.270 e. The Bertz CT molecular complexity index is 676. The van der Waals surface area contributed by atoms with Crippen LogP contribution in [0.1, 0.15) is 49.0 Å². The molecule has 112 valence electrons. The van der Waals surface area contributed by atoms with Crippen LogP contribution in [0.4, 0.5) is 0 Å². The van der Waals surface area contributed by atoms with Crippen LogP contribution in [0, 0.1) is 5.92 Å². The molecular formula is C13H17N5O3. The summed E-state index contributed by atoms with van der Waals surface area (Å²) in [5.74, 6) is 0.887. The zero-order valence-corrected chi connectivity index (χ0v) is 12.1. The summed E-state index contributed by atoms with van der Waals surface area (Å²) in [6.07, 6.45) is 3.08. The molecular weight excluding hydrogens is 274 g/mol. The van der Waals surface area contributed by atoms with Crippen molar-refractivity contribution in [2.24, 2.45) is 5.92 Å². The monoisotopic (exact) mass is 291 g/mol. The number of hydrogen-bond donors (Lipinski definition) is 2. The quantitative estimate of drug-likeness (QED) is 0.843. The molecule has 0 aromatic carbocycles. The summed E-state index contributed by atoms with van der Waals surface area (Å²) in [5, 5.41) is 6.53. The molecule has 0 saturated heterocycles. The number of nitrogens with one attached hydrogen (secondary N) is 2. The van der Waals surface area contributed by atoms with Gasteiger partial charge in [0.1, 0.15) is 11.7 Å². The van der Waals surface area contributed by atoms with E-state index in [0.717, 1.165) is 6.20 Å². The first kappa shape index (κ1) is 14.9. The van der Waals surface area contributed by atoms with Gasteiger partial charge in [-0.15, -0.1) is 0 Å². The zero-order valence-electron chi connectivity index (χ0n) is 12.1. The van der Waals surface area contributed by atoms with E-state index in [0.29, 0.717) is 24.1 Å². The molecule has 1 amide bonds. The summed E-state index contributed by atoms with van der Waals surface area (Å²) < 4.78 is 5.12. The molecule has 0 unspecified atom stereocenters. The highest BCUT2D eigenvalue weighted by Gasteiger charge is 2.18. The van der Waals surface area contributed by atoms with Crippen molar-refractivity contribution in [2.45, 2.75) is 33.2 Å². The number of aromatic nitrogens is 4. The lowest BCUT2D eigenvalue weighted by Crippen LogP contribution is -2.29. The molecule has 21 heavy (non-hydrogen) atoms. The minimum absolute atomic E-state index is 0.0799. The van der Waals surface area contributed by atoms with Crippen molar-refractivity contribution >= 4 is 5.91 Å². The van der Waals surface area contributed by atoms with Gasteiger partial charge < -0.3 is 14.8 Å². The van der Waals surface area contributed by atoms with Crippen LogP contribution < -0.4 is 10.9 Å². The van der Waals surface area contributed by atoms with Gasteiger partial charge in [-0.2, -0.15) is 4.98 Å². The average Bonchev–Trinajstić information content (AvgIpc) is 2.86. The number of rotatable bonds is 5. The third kappa shape index (κ3) is 3.98. The van der Waals surface area contributed by atoms with Gasteiger partial charge in [0.15, 0.2) is 5.82 Å². The number of aromatic amines is 1. The number of amides is 1. The smallest absolute Gasteiger partial charge is 0.270 e. The fraction of sp³-hybridized carbons (Fsp3) is 0.462. The SMILES string of the molecule is CC(C)Cc1noc([C@@H](C)NC(=O)c2cncc(=O)[nH]2)n1. The highest BCUT2D eigenvalue weighted by atomic mass is 16.5. The fourth-order valence-electron chi connectivity index (χ4n) is 1.72. The molecule has 8 heteroatoms. The summed E-state index contributed by atoms with van der Waals surface area (Å²) in [6.45, 7) is 5.83. The van der Waals surface area contributed by atoms with Crippen molar-refractivity contribution < 1.29 is 9.32 Å². The Labute approximate surface area is 121 Å². The predicted molar refractivity (Wildman–Crippen MR) is 73.6 cm³/mol. The lowest BCUT2D eigenvalue weighted by Gasteiger charge is -2.08. The molecule has 0 aliphatic rings. The molecule has 2 aromatic rings. The number of nitrogens with zero attached hydrogens (tertiary/aromatic N) is 3. The van der Waals surface area contributed by atoms with E-state index in [4.69, 9.17) is 4.52 Å². The highest BCUT2D eigenvalue weighted by molar-refractivity contribution is 5.92. The maximum absolute atomic E-state index is 12.0. The van der Waals surface area contributed by atoms with Gasteiger partial charge in [0.2, 0.25) is 5.89 Å². The normalized spacial score (nSPS) is 12.4. The Morgan fingerprint density at radius 3 is 2.81 bits per heavy atom. The third-order valence-electron chi connectivity index (χ3n) is 2.69. The van der Waals surface area contributed by atoms with Gasteiger partial charge in [0.25, 0.3) is 11.5 Å². The molecule has 0 saturated carbocycles. The van der Waals surface area contributed by atoms with Crippen molar-refractivity contribution in [3.05, 3.63) is 40.2 Å². The molecule has 8 nitrogen and oxygen atoms in total. The van der Waals surface area contributed by atoms with Crippen LogP contribution in [0.2, 0.25) is 0 Å². The topological polar surface area (TPSA) is 114 Å². The Morgan fingerprint density at radius 2 is 2.14 bits per heavy atom. The standard InChI is InChI=1S/C13H17N5O3/c1-7(2)4-10-17-13(21-18-10)8(3)15-12(20)9-5-14-6-11(19)16-9/h5-8H,4H2,1-3H3,(H,15,20)(H,16,19)/t8-/m1/s1. The largest absolute Gasteiger partial charge is 0.339 e. The predicted octanol–water partition coefficient (Wildman–Crippen LogP) is 0.842.